The van der Waals surface area contributed by atoms with Gasteiger partial charge in [-0.1, -0.05) is 18.2 Å². The minimum absolute atomic E-state index is 0.0849. The van der Waals surface area contributed by atoms with Gasteiger partial charge in [-0.25, -0.2) is 0 Å². The number of aromatic nitrogens is 1. The van der Waals surface area contributed by atoms with Crippen LogP contribution in [0.15, 0.2) is 36.7 Å². The number of hydrogen-bond acceptors (Lipinski definition) is 4. The molecule has 0 aliphatic heterocycles. The number of rotatable bonds is 7. The van der Waals surface area contributed by atoms with Crippen molar-refractivity contribution < 1.29 is 9.47 Å². The van der Waals surface area contributed by atoms with E-state index < -0.39 is 0 Å². The maximum Gasteiger partial charge on any atom is 0.0928 e. The molecular weight excluding hydrogens is 240 g/mol. The zero-order chi connectivity index (χ0) is 13.5. The number of methoxy groups -OCH3 is 2. The van der Waals surface area contributed by atoms with Crippen LogP contribution in [0.3, 0.4) is 0 Å². The first-order chi connectivity index (χ1) is 9.35. The molecule has 0 aliphatic carbocycles. The molecule has 0 radical (unpaired) electrons. The van der Waals surface area contributed by atoms with Crippen molar-refractivity contribution in [3.63, 3.8) is 0 Å². The largest absolute Gasteiger partial charge is 0.382 e. The molecule has 0 amide bonds. The van der Waals surface area contributed by atoms with E-state index >= 15 is 0 Å². The Labute approximate surface area is 113 Å². The van der Waals surface area contributed by atoms with Gasteiger partial charge in [0.15, 0.2) is 0 Å². The normalized spacial score (nSPS) is 12.7. The van der Waals surface area contributed by atoms with Crippen molar-refractivity contribution in [2.45, 2.75) is 12.6 Å². The molecule has 1 atom stereocenters. The molecule has 0 spiro atoms. The van der Waals surface area contributed by atoms with E-state index in [1.807, 2.05) is 12.4 Å². The Morgan fingerprint density at radius 1 is 1.26 bits per heavy atom. The zero-order valence-corrected chi connectivity index (χ0v) is 11.4. The quantitative estimate of drug-likeness (QED) is 0.826. The van der Waals surface area contributed by atoms with Crippen LogP contribution in [0.1, 0.15) is 5.56 Å². The highest BCUT2D eigenvalue weighted by Gasteiger charge is 2.06. The molecule has 0 saturated carbocycles. The first-order valence-electron chi connectivity index (χ1n) is 6.39. The van der Waals surface area contributed by atoms with Crippen LogP contribution in [0.25, 0.3) is 10.8 Å². The maximum atomic E-state index is 5.32. The summed E-state index contributed by atoms with van der Waals surface area (Å²) >= 11 is 0. The highest BCUT2D eigenvalue weighted by Crippen LogP contribution is 2.17. The Hall–Kier alpha value is -1.49. The molecule has 0 aliphatic rings. The van der Waals surface area contributed by atoms with Gasteiger partial charge in [0.05, 0.1) is 12.7 Å². The second-order valence-corrected chi connectivity index (χ2v) is 4.46. The maximum absolute atomic E-state index is 5.32. The van der Waals surface area contributed by atoms with E-state index in [0.29, 0.717) is 6.61 Å². The molecule has 2 aromatic rings. The second-order valence-electron chi connectivity index (χ2n) is 4.46. The Morgan fingerprint density at radius 2 is 2.16 bits per heavy atom. The number of hydrogen-bond donors (Lipinski definition) is 1. The monoisotopic (exact) mass is 260 g/mol. The molecule has 1 heterocycles. The Kier molecular flexibility index (Phi) is 5.27. The van der Waals surface area contributed by atoms with Crippen LogP contribution in [0.2, 0.25) is 0 Å². The van der Waals surface area contributed by atoms with Gasteiger partial charge in [0, 0.05) is 45.1 Å². The highest BCUT2D eigenvalue weighted by atomic mass is 16.5. The molecule has 1 aromatic heterocycles. The molecule has 4 heteroatoms. The van der Waals surface area contributed by atoms with Crippen molar-refractivity contribution >= 4 is 10.8 Å². The summed E-state index contributed by atoms with van der Waals surface area (Å²) in [5, 5.41) is 5.81. The van der Waals surface area contributed by atoms with Crippen LogP contribution in [0, 0.1) is 0 Å². The minimum Gasteiger partial charge on any atom is -0.382 e. The first kappa shape index (κ1) is 13.9. The van der Waals surface area contributed by atoms with Gasteiger partial charge >= 0.3 is 0 Å². The number of fused-ring (bicyclic) bond motifs is 1. The average Bonchev–Trinajstić information content (AvgIpc) is 2.46. The minimum atomic E-state index is 0.0849. The Bertz CT molecular complexity index is 511. The zero-order valence-electron chi connectivity index (χ0n) is 11.4. The Balaban J connectivity index is 1.98. The molecule has 2 rings (SSSR count). The predicted molar refractivity (Wildman–Crippen MR) is 76.1 cm³/mol. The molecular formula is C15H20N2O2. The van der Waals surface area contributed by atoms with E-state index in [1.165, 1.54) is 16.3 Å². The third-order valence-electron chi connectivity index (χ3n) is 3.14. The van der Waals surface area contributed by atoms with Crippen molar-refractivity contribution in [2.75, 3.05) is 27.4 Å². The second kappa shape index (κ2) is 7.19. The van der Waals surface area contributed by atoms with Crippen molar-refractivity contribution in [2.24, 2.45) is 0 Å². The summed E-state index contributed by atoms with van der Waals surface area (Å²) in [7, 11) is 3.39. The van der Waals surface area contributed by atoms with Gasteiger partial charge in [-0.2, -0.15) is 0 Å². The van der Waals surface area contributed by atoms with Crippen molar-refractivity contribution in [1.29, 1.82) is 0 Å². The molecule has 0 saturated heterocycles. The lowest BCUT2D eigenvalue weighted by atomic mass is 10.1. The lowest BCUT2D eigenvalue weighted by molar-refractivity contribution is 0.0288. The number of nitrogens with one attached hydrogen (secondary N) is 1. The highest BCUT2D eigenvalue weighted by molar-refractivity contribution is 5.84. The van der Waals surface area contributed by atoms with Crippen molar-refractivity contribution in [1.82, 2.24) is 10.3 Å². The Morgan fingerprint density at radius 3 is 2.95 bits per heavy atom. The van der Waals surface area contributed by atoms with Crippen LogP contribution in [-0.4, -0.2) is 38.5 Å². The van der Waals surface area contributed by atoms with Gasteiger partial charge in [-0.15, -0.1) is 0 Å². The van der Waals surface area contributed by atoms with E-state index in [-0.39, 0.29) is 6.10 Å². The van der Waals surface area contributed by atoms with Crippen LogP contribution < -0.4 is 5.32 Å². The van der Waals surface area contributed by atoms with Gasteiger partial charge < -0.3 is 14.8 Å². The summed E-state index contributed by atoms with van der Waals surface area (Å²) in [6.07, 6.45) is 3.80. The number of nitrogens with zero attached hydrogens (tertiary/aromatic N) is 1. The van der Waals surface area contributed by atoms with Gasteiger partial charge in [0.1, 0.15) is 0 Å². The number of benzene rings is 1. The van der Waals surface area contributed by atoms with Gasteiger partial charge in [0.25, 0.3) is 0 Å². The molecule has 1 aromatic carbocycles. The third-order valence-corrected chi connectivity index (χ3v) is 3.14. The van der Waals surface area contributed by atoms with Gasteiger partial charge in [-0.3, -0.25) is 4.98 Å². The number of ether oxygens (including phenoxy) is 2. The lowest BCUT2D eigenvalue weighted by Gasteiger charge is -2.15. The summed E-state index contributed by atoms with van der Waals surface area (Å²) in [6, 6.07) is 8.32. The molecule has 102 valence electrons. The molecule has 4 nitrogen and oxygen atoms in total. The topological polar surface area (TPSA) is 43.4 Å². The van der Waals surface area contributed by atoms with Crippen molar-refractivity contribution in [3.8, 4) is 0 Å². The van der Waals surface area contributed by atoms with Gasteiger partial charge in [-0.05, 0) is 17.0 Å². The van der Waals surface area contributed by atoms with E-state index in [0.717, 1.165) is 13.1 Å². The standard InChI is InChI=1S/C15H20N2O2/c1-18-11-14(19-2)10-17-9-13-5-3-4-12-8-16-7-6-15(12)13/h3-8,14,17H,9-11H2,1-2H3. The SMILES string of the molecule is COCC(CNCc1cccc2cnccc12)OC. The van der Waals surface area contributed by atoms with Crippen LogP contribution in [-0.2, 0) is 16.0 Å². The van der Waals surface area contributed by atoms with Crippen LogP contribution >= 0.6 is 0 Å². The fourth-order valence-corrected chi connectivity index (χ4v) is 2.11. The summed E-state index contributed by atoms with van der Waals surface area (Å²) in [5.74, 6) is 0. The smallest absolute Gasteiger partial charge is 0.0928 e. The summed E-state index contributed by atoms with van der Waals surface area (Å²) in [6.45, 7) is 2.18. The summed E-state index contributed by atoms with van der Waals surface area (Å²) in [4.78, 5) is 4.14. The first-order valence-corrected chi connectivity index (χ1v) is 6.39. The van der Waals surface area contributed by atoms with Crippen molar-refractivity contribution in [3.05, 3.63) is 42.2 Å². The van der Waals surface area contributed by atoms with E-state index in [1.54, 1.807) is 14.2 Å². The molecule has 0 fully saturated rings. The number of pyridine rings is 1. The fourth-order valence-electron chi connectivity index (χ4n) is 2.11. The summed E-state index contributed by atoms with van der Waals surface area (Å²) in [5.41, 5.74) is 1.27. The predicted octanol–water partition coefficient (Wildman–Crippen LogP) is 1.99. The van der Waals surface area contributed by atoms with E-state index in [4.69, 9.17) is 9.47 Å². The summed E-state index contributed by atoms with van der Waals surface area (Å²) < 4.78 is 10.4. The van der Waals surface area contributed by atoms with Crippen LogP contribution in [0.5, 0.6) is 0 Å². The molecule has 1 N–H and O–H groups in total. The van der Waals surface area contributed by atoms with Crippen LogP contribution in [0.4, 0.5) is 0 Å². The average molecular weight is 260 g/mol. The van der Waals surface area contributed by atoms with E-state index in [9.17, 15) is 0 Å². The third kappa shape index (κ3) is 3.73. The lowest BCUT2D eigenvalue weighted by Crippen LogP contribution is -2.31. The molecule has 0 bridgehead atoms. The fraction of sp³-hybridized carbons (Fsp3) is 0.400. The molecule has 19 heavy (non-hydrogen) atoms. The van der Waals surface area contributed by atoms with Gasteiger partial charge in [0.2, 0.25) is 0 Å². The molecule has 1 unspecified atom stereocenters. The van der Waals surface area contributed by atoms with E-state index in [2.05, 4.69) is 34.6 Å².